The molecule has 2 heterocycles. The lowest BCUT2D eigenvalue weighted by Crippen LogP contribution is -2.31. The predicted octanol–water partition coefficient (Wildman–Crippen LogP) is 6.02. The highest BCUT2D eigenvalue weighted by Gasteiger charge is 2.29. The van der Waals surface area contributed by atoms with Gasteiger partial charge >= 0.3 is 0 Å². The van der Waals surface area contributed by atoms with Crippen molar-refractivity contribution in [3.8, 4) is 0 Å². The maximum Gasteiger partial charge on any atom is 0.267 e. The Labute approximate surface area is 214 Å². The third kappa shape index (κ3) is 5.56. The molecule has 3 aromatic rings. The minimum Gasteiger partial charge on any atom is -0.350 e. The number of aromatic nitrogens is 1. The molecule has 5 heteroatoms. The first kappa shape index (κ1) is 24.4. The minimum absolute atomic E-state index is 0.0517. The number of nitrogens with one attached hydrogen (secondary N) is 2. The lowest BCUT2D eigenvalue weighted by molar-refractivity contribution is 0.0930. The summed E-state index contributed by atoms with van der Waals surface area (Å²) in [6.45, 7) is 3.48. The van der Waals surface area contributed by atoms with Crippen molar-refractivity contribution in [2.75, 3.05) is 6.54 Å². The van der Waals surface area contributed by atoms with E-state index in [1.165, 1.54) is 18.4 Å². The largest absolute Gasteiger partial charge is 0.350 e. The van der Waals surface area contributed by atoms with E-state index >= 15 is 0 Å². The van der Waals surface area contributed by atoms with Crippen molar-refractivity contribution in [2.24, 2.45) is 5.92 Å². The molecule has 2 unspecified atom stereocenters. The maximum atomic E-state index is 13.4. The van der Waals surface area contributed by atoms with Crippen LogP contribution in [0.5, 0.6) is 0 Å². The van der Waals surface area contributed by atoms with E-state index in [-0.39, 0.29) is 17.9 Å². The maximum absolute atomic E-state index is 13.4. The van der Waals surface area contributed by atoms with Gasteiger partial charge in [-0.25, -0.2) is 0 Å². The smallest absolute Gasteiger partial charge is 0.267 e. The molecule has 188 valence electrons. The van der Waals surface area contributed by atoms with Crippen molar-refractivity contribution in [1.29, 1.82) is 0 Å². The number of hydrogen-bond donors (Lipinski definition) is 2. The number of benzene rings is 2. The van der Waals surface area contributed by atoms with Gasteiger partial charge in [-0.3, -0.25) is 9.59 Å². The molecule has 2 aromatic carbocycles. The Morgan fingerprint density at radius 1 is 0.944 bits per heavy atom. The minimum atomic E-state index is -0.0914. The molecule has 2 aliphatic rings. The van der Waals surface area contributed by atoms with Crippen LogP contribution < -0.4 is 10.6 Å². The molecule has 5 nitrogen and oxygen atoms in total. The lowest BCUT2D eigenvalue weighted by Gasteiger charge is -2.21. The molecule has 0 spiro atoms. The van der Waals surface area contributed by atoms with Gasteiger partial charge in [-0.2, -0.15) is 0 Å². The predicted molar refractivity (Wildman–Crippen MR) is 143 cm³/mol. The van der Waals surface area contributed by atoms with Crippen LogP contribution in [0.4, 0.5) is 0 Å². The molecular weight excluding hydrogens is 446 g/mol. The fourth-order valence-electron chi connectivity index (χ4n) is 5.53. The number of carbonyl (C=O) groups excluding carboxylic acids is 2. The zero-order chi connectivity index (χ0) is 24.9. The SMILES string of the molecule is CCC(NC(=O)c1cc(C(=O)NCC(CC2CC2)c2ccccc2)n2c1CCCC2)c1ccccc1. The average molecular weight is 484 g/mol. The fourth-order valence-corrected chi connectivity index (χ4v) is 5.53. The van der Waals surface area contributed by atoms with Crippen molar-refractivity contribution in [2.45, 2.75) is 70.4 Å². The van der Waals surface area contributed by atoms with Crippen LogP contribution in [0, 0.1) is 5.92 Å². The number of fused-ring (bicyclic) bond motifs is 1. The second kappa shape index (κ2) is 11.2. The van der Waals surface area contributed by atoms with Crippen LogP contribution in [0.2, 0.25) is 0 Å². The topological polar surface area (TPSA) is 63.1 Å². The summed E-state index contributed by atoms with van der Waals surface area (Å²) in [4.78, 5) is 26.8. The van der Waals surface area contributed by atoms with E-state index in [0.717, 1.165) is 55.8 Å². The molecule has 1 aliphatic carbocycles. The molecule has 1 saturated carbocycles. The Morgan fingerprint density at radius 2 is 1.64 bits per heavy atom. The second-order valence-electron chi connectivity index (χ2n) is 10.3. The zero-order valence-electron chi connectivity index (χ0n) is 21.2. The van der Waals surface area contributed by atoms with E-state index in [9.17, 15) is 9.59 Å². The molecule has 2 atom stereocenters. The van der Waals surface area contributed by atoms with Gasteiger partial charge in [0.05, 0.1) is 11.6 Å². The summed E-state index contributed by atoms with van der Waals surface area (Å²) in [6.07, 6.45) is 7.40. The van der Waals surface area contributed by atoms with E-state index < -0.39 is 0 Å². The van der Waals surface area contributed by atoms with Crippen LogP contribution in [-0.2, 0) is 13.0 Å². The molecule has 0 saturated heterocycles. The summed E-state index contributed by atoms with van der Waals surface area (Å²) in [7, 11) is 0. The van der Waals surface area contributed by atoms with Crippen molar-refractivity contribution < 1.29 is 9.59 Å². The quantitative estimate of drug-likeness (QED) is 0.370. The van der Waals surface area contributed by atoms with Gasteiger partial charge in [0.2, 0.25) is 0 Å². The summed E-state index contributed by atoms with van der Waals surface area (Å²) >= 11 is 0. The lowest BCUT2D eigenvalue weighted by atomic mass is 9.93. The first-order chi connectivity index (χ1) is 17.6. The molecule has 1 fully saturated rings. The highest BCUT2D eigenvalue weighted by molar-refractivity contribution is 6.01. The van der Waals surface area contributed by atoms with Crippen molar-refractivity contribution in [1.82, 2.24) is 15.2 Å². The second-order valence-corrected chi connectivity index (χ2v) is 10.3. The van der Waals surface area contributed by atoms with Crippen molar-refractivity contribution in [3.63, 3.8) is 0 Å². The molecule has 5 rings (SSSR count). The van der Waals surface area contributed by atoms with Gasteiger partial charge in [0.1, 0.15) is 5.69 Å². The third-order valence-corrected chi connectivity index (χ3v) is 7.74. The van der Waals surface area contributed by atoms with Crippen molar-refractivity contribution in [3.05, 3.63) is 94.8 Å². The number of hydrogen-bond acceptors (Lipinski definition) is 2. The van der Waals surface area contributed by atoms with E-state index in [4.69, 9.17) is 0 Å². The molecule has 36 heavy (non-hydrogen) atoms. The number of amides is 2. The highest BCUT2D eigenvalue weighted by Crippen LogP contribution is 2.38. The van der Waals surface area contributed by atoms with Gasteiger partial charge < -0.3 is 15.2 Å². The molecule has 2 N–H and O–H groups in total. The normalized spacial score (nSPS) is 16.6. The van der Waals surface area contributed by atoms with Gasteiger partial charge in [0.15, 0.2) is 0 Å². The van der Waals surface area contributed by atoms with Crippen LogP contribution in [0.25, 0.3) is 0 Å². The highest BCUT2D eigenvalue weighted by atomic mass is 16.2. The Bertz CT molecular complexity index is 1180. The standard InChI is InChI=1S/C31H37N3O2/c1-2-27(24-13-7-4-8-14-24)33-30(35)26-20-29(34-18-10-9-15-28(26)34)31(36)32-21-25(19-22-16-17-22)23-11-5-3-6-12-23/h3-8,11-14,20,22,25,27H,2,9-10,15-19,21H2,1H3,(H,32,36)(H,33,35). The molecule has 1 aromatic heterocycles. The summed E-state index contributed by atoms with van der Waals surface area (Å²) in [5, 5.41) is 6.44. The van der Waals surface area contributed by atoms with Crippen LogP contribution in [0.1, 0.15) is 95.1 Å². The molecule has 2 amide bonds. The number of rotatable bonds is 10. The van der Waals surface area contributed by atoms with Gasteiger partial charge in [-0.1, -0.05) is 80.4 Å². The molecule has 0 bridgehead atoms. The van der Waals surface area contributed by atoms with Gasteiger partial charge in [-0.15, -0.1) is 0 Å². The summed E-state index contributed by atoms with van der Waals surface area (Å²) < 4.78 is 2.08. The molecule has 0 radical (unpaired) electrons. The first-order valence-corrected chi connectivity index (χ1v) is 13.6. The van der Waals surface area contributed by atoms with Crippen molar-refractivity contribution >= 4 is 11.8 Å². The third-order valence-electron chi connectivity index (χ3n) is 7.74. The first-order valence-electron chi connectivity index (χ1n) is 13.6. The Balaban J connectivity index is 1.33. The van der Waals surface area contributed by atoms with E-state index in [0.29, 0.717) is 23.7 Å². The Kier molecular flexibility index (Phi) is 7.55. The van der Waals surface area contributed by atoms with Gasteiger partial charge in [-0.05, 0) is 55.2 Å². The van der Waals surface area contributed by atoms with Crippen LogP contribution >= 0.6 is 0 Å². The number of nitrogens with zero attached hydrogens (tertiary/aromatic N) is 1. The van der Waals surface area contributed by atoms with Crippen LogP contribution in [0.3, 0.4) is 0 Å². The van der Waals surface area contributed by atoms with E-state index in [1.54, 1.807) is 0 Å². The summed E-state index contributed by atoms with van der Waals surface area (Å²) in [5.74, 6) is 0.923. The number of carbonyl (C=O) groups is 2. The Hall–Kier alpha value is -3.34. The zero-order valence-corrected chi connectivity index (χ0v) is 21.2. The molecule has 1 aliphatic heterocycles. The Morgan fingerprint density at radius 3 is 2.31 bits per heavy atom. The average Bonchev–Trinajstić information content (AvgIpc) is 3.67. The van der Waals surface area contributed by atoms with Gasteiger partial charge in [0.25, 0.3) is 11.8 Å². The van der Waals surface area contributed by atoms with E-state index in [1.807, 2.05) is 42.5 Å². The van der Waals surface area contributed by atoms with Gasteiger partial charge in [0, 0.05) is 24.7 Å². The fraction of sp³-hybridized carbons (Fsp3) is 0.419. The molecular formula is C31H37N3O2. The van der Waals surface area contributed by atoms with Crippen LogP contribution in [0.15, 0.2) is 66.7 Å². The summed E-state index contributed by atoms with van der Waals surface area (Å²) in [5.41, 5.74) is 4.63. The van der Waals surface area contributed by atoms with Crippen LogP contribution in [-0.4, -0.2) is 22.9 Å². The van der Waals surface area contributed by atoms with E-state index in [2.05, 4.69) is 46.4 Å². The monoisotopic (exact) mass is 483 g/mol. The summed E-state index contributed by atoms with van der Waals surface area (Å²) in [6, 6.07) is 22.4.